The van der Waals surface area contributed by atoms with Crippen LogP contribution < -0.4 is 10.1 Å². The molecule has 0 aliphatic rings. The number of nitrogens with zero attached hydrogens (tertiary/aromatic N) is 5. The minimum Gasteiger partial charge on any atom is -0.477 e. The second-order valence-corrected chi connectivity index (χ2v) is 8.68. The van der Waals surface area contributed by atoms with Crippen molar-refractivity contribution in [2.45, 2.75) is 12.7 Å². The van der Waals surface area contributed by atoms with Crippen LogP contribution in [0.2, 0.25) is 5.15 Å². The van der Waals surface area contributed by atoms with Crippen molar-refractivity contribution in [1.82, 2.24) is 23.7 Å². The number of hydrogen-bond donors (Lipinski definition) is 1. The first-order valence-corrected chi connectivity index (χ1v) is 11.1. The number of rotatable bonds is 7. The van der Waals surface area contributed by atoms with Gasteiger partial charge in [0.2, 0.25) is 21.9 Å². The Labute approximate surface area is 178 Å². The monoisotopic (exact) mass is 446 g/mol. The summed E-state index contributed by atoms with van der Waals surface area (Å²) in [6, 6.07) is 10.6. The Morgan fingerprint density at radius 3 is 2.60 bits per heavy atom. The number of ether oxygens (including phenoxy) is 1. The van der Waals surface area contributed by atoms with E-state index >= 15 is 0 Å². The predicted octanol–water partition coefficient (Wildman–Crippen LogP) is 3.34. The highest BCUT2D eigenvalue weighted by atomic mass is 35.5. The van der Waals surface area contributed by atoms with Crippen LogP contribution >= 0.6 is 11.6 Å². The van der Waals surface area contributed by atoms with Crippen LogP contribution in [0.4, 0.5) is 11.6 Å². The molecule has 1 aromatic carbocycles. The number of aryl methyl sites for hydroxylation is 1. The highest BCUT2D eigenvalue weighted by Gasteiger charge is 2.21. The second kappa shape index (κ2) is 7.96. The van der Waals surface area contributed by atoms with Gasteiger partial charge in [-0.15, -0.1) is 0 Å². The van der Waals surface area contributed by atoms with Crippen molar-refractivity contribution in [2.24, 2.45) is 7.05 Å². The van der Waals surface area contributed by atoms with Crippen LogP contribution in [0.15, 0.2) is 48.8 Å². The van der Waals surface area contributed by atoms with Gasteiger partial charge in [0.05, 0.1) is 29.6 Å². The summed E-state index contributed by atoms with van der Waals surface area (Å²) < 4.78 is 34.4. The molecule has 0 aliphatic heterocycles. The minimum atomic E-state index is -3.72. The molecule has 1 N–H and O–H groups in total. The SMILES string of the molecule is CCOc1nc(Nc2cnn(C)c2Cl)nc2c1ccn2S(=O)(=O)Cc1ccccc1. The number of halogens is 1. The third-order valence-corrected chi connectivity index (χ3v) is 6.40. The van der Waals surface area contributed by atoms with Crippen LogP contribution in [0.3, 0.4) is 0 Å². The van der Waals surface area contributed by atoms with Crippen LogP contribution in [0, 0.1) is 0 Å². The fraction of sp³-hybridized carbons (Fsp3) is 0.211. The molecule has 3 heterocycles. The Bertz CT molecular complexity index is 1300. The van der Waals surface area contributed by atoms with Crippen LogP contribution in [0.1, 0.15) is 12.5 Å². The van der Waals surface area contributed by atoms with Crippen LogP contribution in [0.5, 0.6) is 5.88 Å². The number of nitrogens with one attached hydrogen (secondary N) is 1. The van der Waals surface area contributed by atoms with E-state index in [0.717, 1.165) is 3.97 Å². The topological polar surface area (TPSA) is 104 Å². The van der Waals surface area contributed by atoms with Crippen molar-refractivity contribution in [1.29, 1.82) is 0 Å². The van der Waals surface area contributed by atoms with E-state index in [1.165, 1.54) is 17.1 Å². The summed E-state index contributed by atoms with van der Waals surface area (Å²) in [4.78, 5) is 8.78. The molecule has 0 amide bonds. The van der Waals surface area contributed by atoms with E-state index < -0.39 is 10.0 Å². The summed E-state index contributed by atoms with van der Waals surface area (Å²) in [5.41, 5.74) is 1.39. The molecule has 30 heavy (non-hydrogen) atoms. The van der Waals surface area contributed by atoms with Gasteiger partial charge in [-0.05, 0) is 18.6 Å². The third-order valence-electron chi connectivity index (χ3n) is 4.36. The molecule has 0 atom stereocenters. The van der Waals surface area contributed by atoms with Crippen molar-refractivity contribution in [2.75, 3.05) is 11.9 Å². The average molecular weight is 447 g/mol. The smallest absolute Gasteiger partial charge is 0.244 e. The molecular weight excluding hydrogens is 428 g/mol. The van der Waals surface area contributed by atoms with E-state index in [1.807, 2.05) is 13.0 Å². The van der Waals surface area contributed by atoms with Crippen LogP contribution in [-0.4, -0.2) is 38.7 Å². The minimum absolute atomic E-state index is 0.149. The van der Waals surface area contributed by atoms with E-state index in [1.54, 1.807) is 37.4 Å². The molecule has 9 nitrogen and oxygen atoms in total. The zero-order valence-electron chi connectivity index (χ0n) is 16.3. The molecular formula is C19H19ClN6O3S. The lowest BCUT2D eigenvalue weighted by molar-refractivity contribution is 0.331. The summed E-state index contributed by atoms with van der Waals surface area (Å²) in [7, 11) is -2.02. The van der Waals surface area contributed by atoms with Gasteiger partial charge in [0.15, 0.2) is 5.65 Å². The van der Waals surface area contributed by atoms with Crippen molar-refractivity contribution in [3.8, 4) is 5.88 Å². The Morgan fingerprint density at radius 1 is 1.17 bits per heavy atom. The molecule has 156 valence electrons. The summed E-state index contributed by atoms with van der Waals surface area (Å²) in [5.74, 6) is 0.261. The number of fused-ring (bicyclic) bond motifs is 1. The van der Waals surface area contributed by atoms with E-state index in [-0.39, 0.29) is 23.2 Å². The molecule has 0 saturated carbocycles. The zero-order valence-corrected chi connectivity index (χ0v) is 17.9. The predicted molar refractivity (Wildman–Crippen MR) is 115 cm³/mol. The van der Waals surface area contributed by atoms with E-state index in [4.69, 9.17) is 16.3 Å². The van der Waals surface area contributed by atoms with Crippen molar-refractivity contribution in [3.63, 3.8) is 0 Å². The fourth-order valence-electron chi connectivity index (χ4n) is 2.97. The Kier molecular flexibility index (Phi) is 5.35. The van der Waals surface area contributed by atoms with Gasteiger partial charge in [-0.1, -0.05) is 41.9 Å². The maximum absolute atomic E-state index is 13.1. The first-order valence-electron chi connectivity index (χ1n) is 9.12. The van der Waals surface area contributed by atoms with Crippen LogP contribution in [-0.2, 0) is 22.8 Å². The number of aromatic nitrogens is 5. The maximum atomic E-state index is 13.1. The zero-order chi connectivity index (χ0) is 21.3. The van der Waals surface area contributed by atoms with Gasteiger partial charge in [-0.3, -0.25) is 4.68 Å². The average Bonchev–Trinajstić information content (AvgIpc) is 3.28. The molecule has 0 unspecified atom stereocenters. The van der Waals surface area contributed by atoms with Crippen LogP contribution in [0.25, 0.3) is 11.0 Å². The molecule has 0 radical (unpaired) electrons. The lowest BCUT2D eigenvalue weighted by Gasteiger charge is -2.10. The highest BCUT2D eigenvalue weighted by Crippen LogP contribution is 2.29. The first-order chi connectivity index (χ1) is 14.4. The van der Waals surface area contributed by atoms with Crippen molar-refractivity contribution < 1.29 is 13.2 Å². The number of benzene rings is 1. The van der Waals surface area contributed by atoms with E-state index in [9.17, 15) is 8.42 Å². The summed E-state index contributed by atoms with van der Waals surface area (Å²) in [5, 5.41) is 7.90. The van der Waals surface area contributed by atoms with Gasteiger partial charge in [0, 0.05) is 13.2 Å². The molecule has 4 aromatic rings. The molecule has 0 aliphatic carbocycles. The molecule has 4 rings (SSSR count). The van der Waals surface area contributed by atoms with E-state index in [0.29, 0.717) is 28.4 Å². The lowest BCUT2D eigenvalue weighted by atomic mass is 10.2. The summed E-state index contributed by atoms with van der Waals surface area (Å²) >= 11 is 6.20. The van der Waals surface area contributed by atoms with Gasteiger partial charge in [-0.2, -0.15) is 15.1 Å². The lowest BCUT2D eigenvalue weighted by Crippen LogP contribution is -2.15. The Balaban J connectivity index is 1.79. The number of anilines is 2. The van der Waals surface area contributed by atoms with Crippen molar-refractivity contribution in [3.05, 3.63) is 59.5 Å². The van der Waals surface area contributed by atoms with Gasteiger partial charge >= 0.3 is 0 Å². The Hall–Kier alpha value is -3.11. The molecule has 0 spiro atoms. The maximum Gasteiger partial charge on any atom is 0.244 e. The summed E-state index contributed by atoms with van der Waals surface area (Å²) in [6.45, 7) is 2.18. The normalized spacial score (nSPS) is 11.7. The van der Waals surface area contributed by atoms with Gasteiger partial charge in [0.1, 0.15) is 5.15 Å². The third kappa shape index (κ3) is 3.83. The van der Waals surface area contributed by atoms with Gasteiger partial charge in [-0.25, -0.2) is 12.4 Å². The molecule has 3 aromatic heterocycles. The fourth-order valence-corrected chi connectivity index (χ4v) is 4.51. The van der Waals surface area contributed by atoms with Gasteiger partial charge < -0.3 is 10.1 Å². The molecule has 0 saturated heterocycles. The largest absolute Gasteiger partial charge is 0.477 e. The van der Waals surface area contributed by atoms with Crippen molar-refractivity contribution >= 4 is 44.3 Å². The molecule has 0 bridgehead atoms. The molecule has 11 heteroatoms. The standard InChI is InChI=1S/C19H19ClN6O3S/c1-3-29-18-14-9-10-26(30(27,28)12-13-7-5-4-6-8-13)17(14)23-19(24-18)22-15-11-21-25(2)16(15)20/h4-11H,3,12H2,1-2H3,(H,22,23,24). The molecule has 0 fully saturated rings. The van der Waals surface area contributed by atoms with E-state index in [2.05, 4.69) is 20.4 Å². The first kappa shape index (κ1) is 20.2. The Morgan fingerprint density at radius 2 is 1.93 bits per heavy atom. The second-order valence-electron chi connectivity index (χ2n) is 6.47. The quantitative estimate of drug-likeness (QED) is 0.464. The summed E-state index contributed by atoms with van der Waals surface area (Å²) in [6.07, 6.45) is 2.99. The number of hydrogen-bond acceptors (Lipinski definition) is 7. The highest BCUT2D eigenvalue weighted by molar-refractivity contribution is 7.89. The van der Waals surface area contributed by atoms with Gasteiger partial charge in [0.25, 0.3) is 0 Å².